The van der Waals surface area contributed by atoms with E-state index in [4.69, 9.17) is 0 Å². The van der Waals surface area contributed by atoms with E-state index in [1.807, 2.05) is 0 Å². The first-order valence-electron chi connectivity index (χ1n) is 4.42. The predicted octanol–water partition coefficient (Wildman–Crippen LogP) is 0.592. The highest BCUT2D eigenvalue weighted by Gasteiger charge is 2.24. The van der Waals surface area contributed by atoms with E-state index < -0.39 is 4.92 Å². The lowest BCUT2D eigenvalue weighted by atomic mass is 10.3. The van der Waals surface area contributed by atoms with Crippen molar-refractivity contribution >= 4 is 27.9 Å². The Balaban J connectivity index is 2.24. The van der Waals surface area contributed by atoms with Gasteiger partial charge in [-0.3, -0.25) is 14.9 Å². The van der Waals surface area contributed by atoms with Crippen LogP contribution in [0.3, 0.4) is 0 Å². The van der Waals surface area contributed by atoms with Gasteiger partial charge in [0.2, 0.25) is 5.91 Å². The normalized spacial score (nSPS) is 16.3. The van der Waals surface area contributed by atoms with E-state index in [1.54, 1.807) is 10.3 Å². The molecule has 0 spiro atoms. The molecule has 0 atom stereocenters. The maximum Gasteiger partial charge on any atom is 0.303 e. The van der Waals surface area contributed by atoms with Crippen LogP contribution < -0.4 is 10.2 Å². The monoisotopic (exact) mass is 227 g/mol. The average Bonchev–Trinajstić information content (AvgIpc) is 2.65. The summed E-state index contributed by atoms with van der Waals surface area (Å²) in [7, 11) is 0. The predicted molar refractivity (Wildman–Crippen MR) is 56.2 cm³/mol. The van der Waals surface area contributed by atoms with Crippen LogP contribution in [0.1, 0.15) is 0 Å². The molecule has 0 unspecified atom stereocenters. The third-order valence-electron chi connectivity index (χ3n) is 2.15. The second-order valence-electron chi connectivity index (χ2n) is 3.14. The molecule has 6 nitrogen and oxygen atoms in total. The highest BCUT2D eigenvalue weighted by atomic mass is 32.1. The highest BCUT2D eigenvalue weighted by Crippen LogP contribution is 2.34. The zero-order chi connectivity index (χ0) is 10.8. The Morgan fingerprint density at radius 3 is 3.07 bits per heavy atom. The molecule has 1 aromatic rings. The zero-order valence-electron chi connectivity index (χ0n) is 7.80. The summed E-state index contributed by atoms with van der Waals surface area (Å²) in [6, 6.07) is 1.46. The largest absolute Gasteiger partial charge is 0.353 e. The number of hydrogen-bond donors (Lipinski definition) is 1. The van der Waals surface area contributed by atoms with Gasteiger partial charge >= 0.3 is 5.69 Å². The van der Waals surface area contributed by atoms with Crippen LogP contribution in [0, 0.1) is 10.1 Å². The number of nitrogens with one attached hydrogen (secondary N) is 1. The summed E-state index contributed by atoms with van der Waals surface area (Å²) in [5.74, 6) is -0.0936. The summed E-state index contributed by atoms with van der Waals surface area (Å²) in [5.41, 5.74) is 0.0784. The van der Waals surface area contributed by atoms with Gasteiger partial charge in [-0.05, 0) is 5.38 Å². The van der Waals surface area contributed by atoms with E-state index in [1.165, 1.54) is 17.4 Å². The minimum atomic E-state index is -0.418. The van der Waals surface area contributed by atoms with Gasteiger partial charge in [0.25, 0.3) is 0 Å². The number of hydrogen-bond acceptors (Lipinski definition) is 5. The van der Waals surface area contributed by atoms with Gasteiger partial charge in [-0.2, -0.15) is 0 Å². The Morgan fingerprint density at radius 1 is 1.60 bits per heavy atom. The Kier molecular flexibility index (Phi) is 2.55. The molecule has 0 radical (unpaired) electrons. The number of carbonyl (C=O) groups is 1. The Hall–Kier alpha value is -1.63. The fraction of sp³-hybridized carbons (Fsp3) is 0.375. The van der Waals surface area contributed by atoms with Crippen LogP contribution in [0.5, 0.6) is 0 Å². The van der Waals surface area contributed by atoms with Crippen molar-refractivity contribution in [1.29, 1.82) is 0 Å². The Labute approximate surface area is 89.6 Å². The highest BCUT2D eigenvalue weighted by molar-refractivity contribution is 7.14. The topological polar surface area (TPSA) is 75.5 Å². The summed E-state index contributed by atoms with van der Waals surface area (Å²) in [6.07, 6.45) is 0. The maximum atomic E-state index is 11.1. The van der Waals surface area contributed by atoms with Crippen molar-refractivity contribution in [3.05, 3.63) is 21.6 Å². The lowest BCUT2D eigenvalue weighted by Crippen LogP contribution is -2.47. The van der Waals surface area contributed by atoms with Gasteiger partial charge < -0.3 is 10.2 Å². The molecule has 1 fully saturated rings. The van der Waals surface area contributed by atoms with Gasteiger partial charge in [-0.15, -0.1) is 11.3 Å². The molecule has 15 heavy (non-hydrogen) atoms. The first kappa shape index (κ1) is 9.91. The first-order valence-corrected chi connectivity index (χ1v) is 5.30. The van der Waals surface area contributed by atoms with Crippen LogP contribution in [0.15, 0.2) is 11.4 Å². The van der Waals surface area contributed by atoms with Crippen molar-refractivity contribution in [2.75, 3.05) is 24.5 Å². The second kappa shape index (κ2) is 3.85. The number of amides is 1. The van der Waals surface area contributed by atoms with Gasteiger partial charge in [0.05, 0.1) is 11.5 Å². The van der Waals surface area contributed by atoms with E-state index in [2.05, 4.69) is 5.32 Å². The summed E-state index contributed by atoms with van der Waals surface area (Å²) in [6.45, 7) is 1.35. The van der Waals surface area contributed by atoms with Crippen LogP contribution in [0.2, 0.25) is 0 Å². The molecule has 0 saturated carbocycles. The summed E-state index contributed by atoms with van der Waals surface area (Å²) < 4.78 is 0. The number of carbonyl (C=O) groups excluding carboxylic acids is 1. The molecule has 1 N–H and O–H groups in total. The van der Waals surface area contributed by atoms with Crippen molar-refractivity contribution in [2.45, 2.75) is 0 Å². The summed E-state index contributed by atoms with van der Waals surface area (Å²) >= 11 is 1.29. The number of piperazine rings is 1. The van der Waals surface area contributed by atoms with E-state index in [9.17, 15) is 14.9 Å². The van der Waals surface area contributed by atoms with Crippen LogP contribution in [0.4, 0.5) is 10.7 Å². The number of thiophene rings is 1. The Bertz CT molecular complexity index is 404. The van der Waals surface area contributed by atoms with Crippen LogP contribution in [0.25, 0.3) is 0 Å². The number of nitrogens with zero attached hydrogens (tertiary/aromatic N) is 2. The maximum absolute atomic E-state index is 11.1. The van der Waals surface area contributed by atoms with Crippen molar-refractivity contribution in [3.63, 3.8) is 0 Å². The molecular formula is C8H9N3O3S. The van der Waals surface area contributed by atoms with E-state index in [-0.39, 0.29) is 18.1 Å². The van der Waals surface area contributed by atoms with Crippen LogP contribution in [-0.2, 0) is 4.79 Å². The fourth-order valence-electron chi connectivity index (χ4n) is 1.48. The molecule has 80 valence electrons. The minimum Gasteiger partial charge on any atom is -0.353 e. The Morgan fingerprint density at radius 2 is 2.40 bits per heavy atom. The van der Waals surface area contributed by atoms with Gasteiger partial charge in [0.1, 0.15) is 0 Å². The molecular weight excluding hydrogens is 218 g/mol. The molecule has 0 aromatic carbocycles. The number of nitro groups is 1. The molecule has 0 aliphatic carbocycles. The molecule has 1 saturated heterocycles. The first-order chi connectivity index (χ1) is 7.18. The van der Waals surface area contributed by atoms with E-state index in [0.717, 1.165) is 0 Å². The van der Waals surface area contributed by atoms with E-state index in [0.29, 0.717) is 18.1 Å². The van der Waals surface area contributed by atoms with Gasteiger partial charge in [0, 0.05) is 19.2 Å². The minimum absolute atomic E-state index is 0.0784. The quantitative estimate of drug-likeness (QED) is 0.592. The molecule has 1 aliphatic heterocycles. The van der Waals surface area contributed by atoms with Crippen molar-refractivity contribution < 1.29 is 9.72 Å². The van der Waals surface area contributed by atoms with Gasteiger partial charge in [-0.25, -0.2) is 0 Å². The van der Waals surface area contributed by atoms with Crippen LogP contribution in [-0.4, -0.2) is 30.5 Å². The van der Waals surface area contributed by atoms with Crippen molar-refractivity contribution in [2.24, 2.45) is 0 Å². The fourth-order valence-corrected chi connectivity index (χ4v) is 2.38. The second-order valence-corrected chi connectivity index (χ2v) is 4.03. The molecule has 1 aliphatic rings. The standard InChI is InChI=1S/C8H9N3O3S/c12-7-5-10(3-2-9-7)8-6(11(13)14)1-4-15-8/h1,4H,2-3,5H2,(H,9,12). The molecule has 7 heteroatoms. The van der Waals surface area contributed by atoms with Crippen LogP contribution >= 0.6 is 11.3 Å². The SMILES string of the molecule is O=C1CN(c2sccc2[N+](=O)[O-])CCN1. The molecule has 2 heterocycles. The number of rotatable bonds is 2. The third-order valence-corrected chi connectivity index (χ3v) is 3.11. The van der Waals surface area contributed by atoms with E-state index >= 15 is 0 Å². The molecule has 2 rings (SSSR count). The lowest BCUT2D eigenvalue weighted by molar-refractivity contribution is -0.383. The van der Waals surface area contributed by atoms with Crippen molar-refractivity contribution in [1.82, 2.24) is 5.32 Å². The van der Waals surface area contributed by atoms with Gasteiger partial charge in [-0.1, -0.05) is 0 Å². The molecule has 1 amide bonds. The van der Waals surface area contributed by atoms with Crippen molar-refractivity contribution in [3.8, 4) is 0 Å². The average molecular weight is 227 g/mol. The lowest BCUT2D eigenvalue weighted by Gasteiger charge is -2.26. The number of anilines is 1. The molecule has 1 aromatic heterocycles. The molecule has 0 bridgehead atoms. The summed E-state index contributed by atoms with van der Waals surface area (Å²) in [4.78, 5) is 23.1. The summed E-state index contributed by atoms with van der Waals surface area (Å²) in [5, 5.41) is 15.6. The zero-order valence-corrected chi connectivity index (χ0v) is 8.62. The van der Waals surface area contributed by atoms with Gasteiger partial charge in [0.15, 0.2) is 5.00 Å². The smallest absolute Gasteiger partial charge is 0.303 e. The third kappa shape index (κ3) is 1.91.